The van der Waals surface area contributed by atoms with Crippen molar-refractivity contribution in [1.29, 1.82) is 0 Å². The number of likely N-dealkylation sites (tertiary alicyclic amines) is 1. The number of ether oxygens (including phenoxy) is 1. The summed E-state index contributed by atoms with van der Waals surface area (Å²) in [5, 5.41) is 4.01. The van der Waals surface area contributed by atoms with Gasteiger partial charge in [-0.05, 0) is 31.6 Å². The van der Waals surface area contributed by atoms with Crippen LogP contribution >= 0.6 is 0 Å². The molecule has 1 saturated carbocycles. The zero-order valence-corrected chi connectivity index (χ0v) is 13.5. The third-order valence-electron chi connectivity index (χ3n) is 5.00. The Morgan fingerprint density at radius 3 is 3.00 bits per heavy atom. The molecule has 6 heteroatoms. The maximum Gasteiger partial charge on any atom is 0.323 e. The number of nitrogens with zero attached hydrogens (tertiary/aromatic N) is 3. The highest BCUT2D eigenvalue weighted by Gasteiger charge is 2.46. The molecule has 1 saturated heterocycles. The van der Waals surface area contributed by atoms with E-state index in [2.05, 4.69) is 22.0 Å². The van der Waals surface area contributed by atoms with Crippen molar-refractivity contribution >= 4 is 5.97 Å². The summed E-state index contributed by atoms with van der Waals surface area (Å²) in [6, 6.07) is 0.277. The number of aryl methyl sites for hydroxylation is 1. The van der Waals surface area contributed by atoms with Gasteiger partial charge in [0.05, 0.1) is 13.7 Å². The topological polar surface area (TPSA) is 68.5 Å². The Morgan fingerprint density at radius 1 is 1.41 bits per heavy atom. The van der Waals surface area contributed by atoms with Gasteiger partial charge in [-0.25, -0.2) is 0 Å². The number of rotatable bonds is 5. The van der Waals surface area contributed by atoms with Crippen molar-refractivity contribution in [3.8, 4) is 0 Å². The molecule has 0 aromatic carbocycles. The van der Waals surface area contributed by atoms with Gasteiger partial charge in [0.15, 0.2) is 5.82 Å². The molecule has 3 rings (SSSR count). The molecule has 0 amide bonds. The van der Waals surface area contributed by atoms with Gasteiger partial charge in [-0.1, -0.05) is 24.9 Å². The van der Waals surface area contributed by atoms with Crippen LogP contribution in [0.4, 0.5) is 0 Å². The summed E-state index contributed by atoms with van der Waals surface area (Å²) >= 11 is 0. The van der Waals surface area contributed by atoms with Crippen molar-refractivity contribution < 1.29 is 14.1 Å². The molecule has 22 heavy (non-hydrogen) atoms. The second kappa shape index (κ2) is 6.77. The minimum Gasteiger partial charge on any atom is -0.468 e. The molecule has 6 nitrogen and oxygen atoms in total. The summed E-state index contributed by atoms with van der Waals surface area (Å²) < 4.78 is 10.4. The van der Waals surface area contributed by atoms with Crippen molar-refractivity contribution in [2.75, 3.05) is 7.11 Å². The van der Waals surface area contributed by atoms with E-state index in [4.69, 9.17) is 9.26 Å². The number of carbonyl (C=O) groups excluding carboxylic acids is 1. The molecule has 1 aliphatic carbocycles. The third-order valence-corrected chi connectivity index (χ3v) is 5.00. The largest absolute Gasteiger partial charge is 0.468 e. The highest BCUT2D eigenvalue weighted by Crippen LogP contribution is 2.40. The highest BCUT2D eigenvalue weighted by molar-refractivity contribution is 5.76. The number of carbonyl (C=O) groups is 1. The maximum atomic E-state index is 12.1. The van der Waals surface area contributed by atoms with Gasteiger partial charge in [-0.15, -0.1) is 0 Å². The first-order valence-electron chi connectivity index (χ1n) is 8.38. The molecule has 1 aliphatic heterocycles. The molecule has 3 atom stereocenters. The van der Waals surface area contributed by atoms with Crippen LogP contribution in [0.3, 0.4) is 0 Å². The lowest BCUT2D eigenvalue weighted by atomic mass is 9.85. The SMILES string of the molecule is CCCc1noc(CN2[C@@H]3CCCC[C@@H]3C[C@H]2C(=O)OC)n1. The first-order valence-corrected chi connectivity index (χ1v) is 8.38. The minimum absolute atomic E-state index is 0.136. The molecule has 2 aliphatic rings. The van der Waals surface area contributed by atoms with Gasteiger partial charge in [0.2, 0.25) is 5.89 Å². The van der Waals surface area contributed by atoms with Crippen LogP contribution in [0, 0.1) is 5.92 Å². The second-order valence-electron chi connectivity index (χ2n) is 6.41. The molecule has 0 unspecified atom stereocenters. The van der Waals surface area contributed by atoms with Gasteiger partial charge in [0, 0.05) is 12.5 Å². The van der Waals surface area contributed by atoms with E-state index in [0.29, 0.717) is 24.4 Å². The molecule has 122 valence electrons. The van der Waals surface area contributed by atoms with Crippen molar-refractivity contribution in [1.82, 2.24) is 15.0 Å². The van der Waals surface area contributed by atoms with Crippen molar-refractivity contribution in [2.45, 2.75) is 70.5 Å². The van der Waals surface area contributed by atoms with Crippen LogP contribution in [0.15, 0.2) is 4.52 Å². The molecule has 1 aromatic rings. The second-order valence-corrected chi connectivity index (χ2v) is 6.41. The van der Waals surface area contributed by atoms with Gasteiger partial charge in [0.1, 0.15) is 6.04 Å². The summed E-state index contributed by atoms with van der Waals surface area (Å²) in [5.74, 6) is 1.83. The van der Waals surface area contributed by atoms with Crippen LogP contribution in [0.1, 0.15) is 57.2 Å². The van der Waals surface area contributed by atoms with E-state index >= 15 is 0 Å². The summed E-state index contributed by atoms with van der Waals surface area (Å²) in [6.07, 6.45) is 7.58. The van der Waals surface area contributed by atoms with E-state index in [1.54, 1.807) is 0 Å². The van der Waals surface area contributed by atoms with Crippen molar-refractivity contribution in [3.63, 3.8) is 0 Å². The Kier molecular flexibility index (Phi) is 4.76. The quantitative estimate of drug-likeness (QED) is 0.778. The number of methoxy groups -OCH3 is 1. The predicted molar refractivity (Wildman–Crippen MR) is 80.0 cm³/mol. The number of fused-ring (bicyclic) bond motifs is 1. The zero-order chi connectivity index (χ0) is 15.5. The average Bonchev–Trinajstić information content (AvgIpc) is 3.13. The Labute approximate surface area is 131 Å². The number of hydrogen-bond acceptors (Lipinski definition) is 6. The highest BCUT2D eigenvalue weighted by atomic mass is 16.5. The van der Waals surface area contributed by atoms with Crippen LogP contribution in [0.5, 0.6) is 0 Å². The van der Waals surface area contributed by atoms with E-state index < -0.39 is 0 Å². The molecule has 2 fully saturated rings. The van der Waals surface area contributed by atoms with Gasteiger partial charge < -0.3 is 9.26 Å². The third kappa shape index (κ3) is 3.02. The van der Waals surface area contributed by atoms with E-state index in [0.717, 1.165) is 31.5 Å². The van der Waals surface area contributed by atoms with E-state index in [9.17, 15) is 4.79 Å². The first kappa shape index (κ1) is 15.5. The molecule has 0 radical (unpaired) electrons. The average molecular weight is 307 g/mol. The standard InChI is InChI=1S/C16H25N3O3/c1-3-6-14-17-15(22-18-14)10-19-12-8-5-4-7-11(12)9-13(19)16(20)21-2/h11-13H,3-10H2,1-2H3/t11-,12-,13+/m1/s1. The van der Waals surface area contributed by atoms with E-state index in [-0.39, 0.29) is 12.0 Å². The zero-order valence-electron chi connectivity index (χ0n) is 13.5. The van der Waals surface area contributed by atoms with E-state index in [1.807, 2.05) is 0 Å². The lowest BCUT2D eigenvalue weighted by Gasteiger charge is -2.32. The summed E-state index contributed by atoms with van der Waals surface area (Å²) in [7, 11) is 1.47. The van der Waals surface area contributed by atoms with Gasteiger partial charge >= 0.3 is 5.97 Å². The van der Waals surface area contributed by atoms with Gasteiger partial charge in [-0.3, -0.25) is 9.69 Å². The fraction of sp³-hybridized carbons (Fsp3) is 0.812. The maximum absolute atomic E-state index is 12.1. The Balaban J connectivity index is 1.75. The summed E-state index contributed by atoms with van der Waals surface area (Å²) in [4.78, 5) is 18.8. The molecule has 1 aromatic heterocycles. The van der Waals surface area contributed by atoms with Crippen LogP contribution in [-0.2, 0) is 22.5 Å². The van der Waals surface area contributed by atoms with Crippen molar-refractivity contribution in [2.24, 2.45) is 5.92 Å². The molecular weight excluding hydrogens is 282 g/mol. The van der Waals surface area contributed by atoms with Crippen LogP contribution in [0.2, 0.25) is 0 Å². The smallest absolute Gasteiger partial charge is 0.323 e. The molecule has 0 bridgehead atoms. The molecule has 2 heterocycles. The van der Waals surface area contributed by atoms with Gasteiger partial charge in [0.25, 0.3) is 0 Å². The monoisotopic (exact) mass is 307 g/mol. The molecule has 0 spiro atoms. The molecule has 0 N–H and O–H groups in total. The molecular formula is C16H25N3O3. The lowest BCUT2D eigenvalue weighted by molar-refractivity contribution is -0.146. The Morgan fingerprint density at radius 2 is 2.23 bits per heavy atom. The number of esters is 1. The summed E-state index contributed by atoms with van der Waals surface area (Å²) in [5.41, 5.74) is 0. The predicted octanol–water partition coefficient (Wildman–Crippen LogP) is 2.33. The fourth-order valence-corrected chi connectivity index (χ4v) is 3.98. The van der Waals surface area contributed by atoms with Crippen molar-refractivity contribution in [3.05, 3.63) is 11.7 Å². The summed E-state index contributed by atoms with van der Waals surface area (Å²) in [6.45, 7) is 2.65. The lowest BCUT2D eigenvalue weighted by Crippen LogP contribution is -2.42. The first-order chi connectivity index (χ1) is 10.7. The number of hydrogen-bond donors (Lipinski definition) is 0. The fourth-order valence-electron chi connectivity index (χ4n) is 3.98. The normalized spacial score (nSPS) is 28.5. The van der Waals surface area contributed by atoms with E-state index in [1.165, 1.54) is 26.4 Å². The number of aromatic nitrogens is 2. The Hall–Kier alpha value is -1.43. The van der Waals surface area contributed by atoms with Gasteiger partial charge in [-0.2, -0.15) is 4.98 Å². The van der Waals surface area contributed by atoms with Crippen LogP contribution in [0.25, 0.3) is 0 Å². The van der Waals surface area contributed by atoms with Crippen LogP contribution in [-0.4, -0.2) is 40.2 Å². The Bertz CT molecular complexity index is 516. The minimum atomic E-state index is -0.167. The van der Waals surface area contributed by atoms with Crippen LogP contribution < -0.4 is 0 Å².